The normalized spacial score (nSPS) is 17.0. The zero-order chi connectivity index (χ0) is 31.7. The molecule has 1 saturated carbocycles. The third kappa shape index (κ3) is 5.32. The molecule has 7 nitrogen and oxygen atoms in total. The molecule has 1 aromatic heterocycles. The van der Waals surface area contributed by atoms with E-state index in [4.69, 9.17) is 9.57 Å². The predicted octanol–water partition coefficient (Wildman–Crippen LogP) is 6.62. The Balaban J connectivity index is 1.36. The van der Waals surface area contributed by atoms with Crippen molar-refractivity contribution in [2.45, 2.75) is 37.5 Å². The van der Waals surface area contributed by atoms with Gasteiger partial charge in [0.2, 0.25) is 5.60 Å². The Labute approximate surface area is 267 Å². The van der Waals surface area contributed by atoms with Gasteiger partial charge in [-0.3, -0.25) is 4.79 Å². The summed E-state index contributed by atoms with van der Waals surface area (Å²) in [4.78, 5) is 22.6. The van der Waals surface area contributed by atoms with Crippen molar-refractivity contribution in [1.82, 2.24) is 9.88 Å². The Morgan fingerprint density at radius 2 is 1.52 bits per heavy atom. The number of hydrogen-bond acceptors (Lipinski definition) is 6. The van der Waals surface area contributed by atoms with Crippen LogP contribution in [0.1, 0.15) is 48.1 Å². The molecule has 8 heteroatoms. The lowest BCUT2D eigenvalue weighted by Crippen LogP contribution is -2.49. The first-order chi connectivity index (χ1) is 22.5. The van der Waals surface area contributed by atoms with Gasteiger partial charge >= 0.3 is 0 Å². The molecule has 0 spiro atoms. The number of rotatable bonds is 9. The van der Waals surface area contributed by atoms with Crippen LogP contribution in [0.15, 0.2) is 113 Å². The first-order valence-corrected chi connectivity index (χ1v) is 15.8. The molecule has 0 bridgehead atoms. The van der Waals surface area contributed by atoms with Crippen molar-refractivity contribution < 1.29 is 14.0 Å². The maximum atomic E-state index is 16.0. The minimum Gasteiger partial charge on any atom is -0.492 e. The van der Waals surface area contributed by atoms with E-state index in [-0.39, 0.29) is 22.9 Å². The van der Waals surface area contributed by atoms with Crippen molar-refractivity contribution >= 4 is 22.8 Å². The van der Waals surface area contributed by atoms with Gasteiger partial charge in [-0.05, 0) is 25.8 Å². The molecular formula is C38H37FN4O3. The number of pyridine rings is 1. The molecule has 2 aliphatic rings. The Kier molecular flexibility index (Phi) is 8.05. The summed E-state index contributed by atoms with van der Waals surface area (Å²) in [7, 11) is 1.55. The molecule has 46 heavy (non-hydrogen) atoms. The van der Waals surface area contributed by atoms with E-state index in [0.29, 0.717) is 35.6 Å². The predicted molar refractivity (Wildman–Crippen MR) is 181 cm³/mol. The van der Waals surface area contributed by atoms with E-state index in [1.807, 2.05) is 102 Å². The summed E-state index contributed by atoms with van der Waals surface area (Å²) in [6.07, 6.45) is 5.20. The number of aromatic nitrogens is 1. The Morgan fingerprint density at radius 3 is 2.04 bits per heavy atom. The molecule has 0 radical (unpaired) electrons. The lowest BCUT2D eigenvalue weighted by atomic mass is 9.80. The summed E-state index contributed by atoms with van der Waals surface area (Å²) in [5.74, 6) is -0.0800. The molecule has 1 saturated heterocycles. The van der Waals surface area contributed by atoms with Gasteiger partial charge in [-0.1, -0.05) is 96.2 Å². The highest BCUT2D eigenvalue weighted by Crippen LogP contribution is 2.44. The smallest absolute Gasteiger partial charge is 0.212 e. The topological polar surface area (TPSA) is 68.1 Å². The minimum absolute atomic E-state index is 0.183. The summed E-state index contributed by atoms with van der Waals surface area (Å²) >= 11 is 0. The Bertz CT molecular complexity index is 1830. The molecule has 4 aromatic carbocycles. The van der Waals surface area contributed by atoms with E-state index in [1.165, 1.54) is 12.3 Å². The van der Waals surface area contributed by atoms with Crippen LogP contribution in [0.25, 0.3) is 10.9 Å². The number of fused-ring (bicyclic) bond motifs is 1. The van der Waals surface area contributed by atoms with Crippen molar-refractivity contribution in [2.24, 2.45) is 5.16 Å². The Hall–Kier alpha value is -4.95. The van der Waals surface area contributed by atoms with Gasteiger partial charge in [0, 0.05) is 54.6 Å². The Morgan fingerprint density at radius 1 is 0.935 bits per heavy atom. The van der Waals surface area contributed by atoms with E-state index < -0.39 is 11.4 Å². The molecule has 1 unspecified atom stereocenters. The summed E-state index contributed by atoms with van der Waals surface area (Å²) in [5, 5.41) is 8.19. The summed E-state index contributed by atoms with van der Waals surface area (Å²) in [6.45, 7) is 4.10. The van der Waals surface area contributed by atoms with Crippen molar-refractivity contribution in [3.05, 3.63) is 142 Å². The highest BCUT2D eigenvalue weighted by atomic mass is 19.1. The van der Waals surface area contributed by atoms with Gasteiger partial charge in [-0.25, -0.2) is 4.39 Å². The van der Waals surface area contributed by atoms with Crippen LogP contribution < -0.4 is 20.4 Å². The van der Waals surface area contributed by atoms with Gasteiger partial charge in [-0.2, -0.15) is 0 Å². The number of anilines is 1. The number of ether oxygens (including phenoxy) is 1. The fourth-order valence-corrected chi connectivity index (χ4v) is 6.66. The zero-order valence-corrected chi connectivity index (χ0v) is 26.0. The average molecular weight is 617 g/mol. The second kappa shape index (κ2) is 12.4. The quantitative estimate of drug-likeness (QED) is 0.115. The minimum atomic E-state index is -1.09. The van der Waals surface area contributed by atoms with E-state index in [0.717, 1.165) is 36.1 Å². The van der Waals surface area contributed by atoms with Crippen molar-refractivity contribution in [3.63, 3.8) is 0 Å². The number of nitrogens with zero attached hydrogens (tertiary/aromatic N) is 3. The van der Waals surface area contributed by atoms with Crippen LogP contribution in [0.3, 0.4) is 0 Å². The average Bonchev–Trinajstić information content (AvgIpc) is 3.94. The summed E-state index contributed by atoms with van der Waals surface area (Å²) in [6, 6.07) is 31.5. The molecule has 0 amide bonds. The van der Waals surface area contributed by atoms with Crippen LogP contribution in [-0.4, -0.2) is 43.6 Å². The van der Waals surface area contributed by atoms with E-state index in [2.05, 4.69) is 22.0 Å². The van der Waals surface area contributed by atoms with E-state index in [1.54, 1.807) is 7.11 Å². The van der Waals surface area contributed by atoms with Gasteiger partial charge in [0.05, 0.1) is 29.8 Å². The van der Waals surface area contributed by atoms with Crippen LogP contribution in [0.2, 0.25) is 0 Å². The SMILES string of the molecule is COc1c(N2CCNC(C)C2)c(F)cc2c(=O)c(C=NOC(c3ccccc3)(c3ccccc3)c3ccccc3)cn(C3CC3)c12. The van der Waals surface area contributed by atoms with Crippen LogP contribution >= 0.6 is 0 Å². The molecule has 1 aliphatic carbocycles. The van der Waals surface area contributed by atoms with Gasteiger partial charge < -0.3 is 24.4 Å². The second-order valence-corrected chi connectivity index (χ2v) is 12.1. The first-order valence-electron chi connectivity index (χ1n) is 15.8. The number of benzene rings is 4. The number of hydrogen-bond donors (Lipinski definition) is 1. The molecule has 7 rings (SSSR count). The molecule has 2 fully saturated rings. The van der Waals surface area contributed by atoms with Crippen LogP contribution in [0.4, 0.5) is 10.1 Å². The summed E-state index contributed by atoms with van der Waals surface area (Å²) in [5.41, 5.74) is 2.58. The number of piperazine rings is 1. The zero-order valence-electron chi connectivity index (χ0n) is 26.0. The van der Waals surface area contributed by atoms with E-state index >= 15 is 4.39 Å². The van der Waals surface area contributed by atoms with Gasteiger partial charge in [0.15, 0.2) is 17.0 Å². The third-order valence-corrected chi connectivity index (χ3v) is 8.98. The highest BCUT2D eigenvalue weighted by molar-refractivity contribution is 5.95. The van der Waals surface area contributed by atoms with Crippen LogP contribution in [0, 0.1) is 5.82 Å². The molecule has 2 heterocycles. The van der Waals surface area contributed by atoms with Crippen molar-refractivity contribution in [1.29, 1.82) is 0 Å². The van der Waals surface area contributed by atoms with Crippen LogP contribution in [0.5, 0.6) is 5.75 Å². The highest BCUT2D eigenvalue weighted by Gasteiger charge is 2.39. The summed E-state index contributed by atoms with van der Waals surface area (Å²) < 4.78 is 23.9. The van der Waals surface area contributed by atoms with Gasteiger partial charge in [0.1, 0.15) is 5.69 Å². The fourth-order valence-electron chi connectivity index (χ4n) is 6.66. The standard InChI is InChI=1S/C38H37FN4O3/c1-26-24-42(21-20-40-26)35-33(39)22-32-34(37(35)45-2)43(31-18-19-31)25-27(36(32)44)23-41-46-38(28-12-6-3-7-13-28,29-14-8-4-9-15-29)30-16-10-5-11-17-30/h3-17,22-23,25-26,31,40H,18-21,24H2,1-2H3. The maximum absolute atomic E-state index is 16.0. The largest absolute Gasteiger partial charge is 0.492 e. The molecule has 5 aromatic rings. The molecular weight excluding hydrogens is 579 g/mol. The van der Waals surface area contributed by atoms with Gasteiger partial charge in [-0.15, -0.1) is 0 Å². The number of methoxy groups -OCH3 is 1. The van der Waals surface area contributed by atoms with Crippen molar-refractivity contribution in [2.75, 3.05) is 31.6 Å². The third-order valence-electron chi connectivity index (χ3n) is 8.98. The number of oxime groups is 1. The maximum Gasteiger partial charge on any atom is 0.212 e. The monoisotopic (exact) mass is 616 g/mol. The number of nitrogens with one attached hydrogen (secondary N) is 1. The molecule has 1 N–H and O–H groups in total. The molecule has 1 atom stereocenters. The fraction of sp³-hybridized carbons (Fsp3) is 0.263. The first kappa shape index (κ1) is 29.7. The number of halogens is 1. The molecule has 1 aliphatic heterocycles. The molecule has 234 valence electrons. The lowest BCUT2D eigenvalue weighted by Gasteiger charge is -2.35. The van der Waals surface area contributed by atoms with E-state index in [9.17, 15) is 4.79 Å². The lowest BCUT2D eigenvalue weighted by molar-refractivity contribution is 0.0183. The van der Waals surface area contributed by atoms with Crippen LogP contribution in [-0.2, 0) is 10.4 Å². The van der Waals surface area contributed by atoms with Gasteiger partial charge in [0.25, 0.3) is 0 Å². The second-order valence-electron chi connectivity index (χ2n) is 12.1. The van der Waals surface area contributed by atoms with Crippen molar-refractivity contribution in [3.8, 4) is 5.75 Å².